The molecule has 0 rings (SSSR count). The first kappa shape index (κ1) is 15.2. The SMILES string of the molecule is CCOCCNCC(C)C(=O)O.Cl. The molecule has 0 saturated carbocycles. The molecule has 0 fully saturated rings. The van der Waals surface area contributed by atoms with E-state index in [1.54, 1.807) is 6.92 Å². The van der Waals surface area contributed by atoms with Crippen molar-refractivity contribution in [1.82, 2.24) is 5.32 Å². The highest BCUT2D eigenvalue weighted by atomic mass is 35.5. The third-order valence-corrected chi connectivity index (χ3v) is 1.50. The fourth-order valence-corrected chi connectivity index (χ4v) is 0.695. The number of aliphatic carboxylic acids is 1. The van der Waals surface area contributed by atoms with Crippen molar-refractivity contribution < 1.29 is 14.6 Å². The summed E-state index contributed by atoms with van der Waals surface area (Å²) in [5, 5.41) is 11.5. The molecule has 5 heteroatoms. The minimum atomic E-state index is -0.765. The molecule has 0 bridgehead atoms. The van der Waals surface area contributed by atoms with Gasteiger partial charge in [-0.3, -0.25) is 4.79 Å². The van der Waals surface area contributed by atoms with Crippen LogP contribution in [0.4, 0.5) is 0 Å². The van der Waals surface area contributed by atoms with Crippen LogP contribution in [-0.4, -0.2) is 37.4 Å². The van der Waals surface area contributed by atoms with Crippen LogP contribution in [-0.2, 0) is 9.53 Å². The van der Waals surface area contributed by atoms with Gasteiger partial charge >= 0.3 is 5.97 Å². The molecule has 0 aromatic heterocycles. The van der Waals surface area contributed by atoms with E-state index in [1.165, 1.54) is 0 Å². The quantitative estimate of drug-likeness (QED) is 0.611. The van der Waals surface area contributed by atoms with Gasteiger partial charge < -0.3 is 15.2 Å². The van der Waals surface area contributed by atoms with E-state index in [0.29, 0.717) is 26.3 Å². The Kier molecular flexibility index (Phi) is 11.4. The second-order valence-corrected chi connectivity index (χ2v) is 2.64. The summed E-state index contributed by atoms with van der Waals surface area (Å²) in [4.78, 5) is 10.3. The lowest BCUT2D eigenvalue weighted by Gasteiger charge is -2.07. The van der Waals surface area contributed by atoms with Gasteiger partial charge in [0, 0.05) is 19.7 Å². The fraction of sp³-hybridized carbons (Fsp3) is 0.875. The van der Waals surface area contributed by atoms with Gasteiger partial charge in [0.15, 0.2) is 0 Å². The minimum Gasteiger partial charge on any atom is -0.481 e. The maximum atomic E-state index is 10.3. The molecule has 1 atom stereocenters. The summed E-state index contributed by atoms with van der Waals surface area (Å²) in [6.07, 6.45) is 0. The first-order valence-electron chi connectivity index (χ1n) is 4.19. The smallest absolute Gasteiger partial charge is 0.307 e. The monoisotopic (exact) mass is 211 g/mol. The van der Waals surface area contributed by atoms with Crippen molar-refractivity contribution in [3.05, 3.63) is 0 Å². The Morgan fingerprint density at radius 2 is 2.23 bits per heavy atom. The average Bonchev–Trinajstić information content (AvgIpc) is 2.03. The Morgan fingerprint density at radius 1 is 1.62 bits per heavy atom. The largest absolute Gasteiger partial charge is 0.481 e. The molecule has 0 saturated heterocycles. The van der Waals surface area contributed by atoms with Gasteiger partial charge in [-0.1, -0.05) is 6.92 Å². The van der Waals surface area contributed by atoms with E-state index in [0.717, 1.165) is 0 Å². The summed E-state index contributed by atoms with van der Waals surface area (Å²) in [7, 11) is 0. The molecular formula is C8H18ClNO3. The normalized spacial score (nSPS) is 11.8. The van der Waals surface area contributed by atoms with Crippen LogP contribution in [0.3, 0.4) is 0 Å². The minimum absolute atomic E-state index is 0. The molecule has 0 heterocycles. The van der Waals surface area contributed by atoms with Gasteiger partial charge in [0.2, 0.25) is 0 Å². The molecule has 0 aliphatic carbocycles. The van der Waals surface area contributed by atoms with Crippen LogP contribution in [0.2, 0.25) is 0 Å². The molecule has 0 radical (unpaired) electrons. The summed E-state index contributed by atoms with van der Waals surface area (Å²) in [6.45, 7) is 6.17. The number of carboxylic acid groups (broad SMARTS) is 1. The molecule has 0 aliphatic rings. The Hall–Kier alpha value is -0.320. The highest BCUT2D eigenvalue weighted by Crippen LogP contribution is 1.90. The maximum Gasteiger partial charge on any atom is 0.307 e. The number of hydrogen-bond acceptors (Lipinski definition) is 3. The number of carboxylic acids is 1. The van der Waals surface area contributed by atoms with Gasteiger partial charge in [-0.15, -0.1) is 12.4 Å². The summed E-state index contributed by atoms with van der Waals surface area (Å²) in [5.74, 6) is -1.09. The molecule has 0 aromatic carbocycles. The zero-order valence-corrected chi connectivity index (χ0v) is 8.89. The van der Waals surface area contributed by atoms with Gasteiger partial charge in [-0.25, -0.2) is 0 Å². The Bertz CT molecular complexity index is 133. The second kappa shape index (κ2) is 9.77. The van der Waals surface area contributed by atoms with Crippen molar-refractivity contribution in [2.75, 3.05) is 26.3 Å². The van der Waals surface area contributed by atoms with Gasteiger partial charge in [0.25, 0.3) is 0 Å². The number of halogens is 1. The first-order valence-corrected chi connectivity index (χ1v) is 4.19. The molecule has 0 aromatic rings. The molecule has 0 spiro atoms. The number of rotatable bonds is 7. The van der Waals surface area contributed by atoms with Crippen molar-refractivity contribution in [2.45, 2.75) is 13.8 Å². The lowest BCUT2D eigenvalue weighted by atomic mass is 10.2. The maximum absolute atomic E-state index is 10.3. The molecule has 4 nitrogen and oxygen atoms in total. The summed E-state index contributed by atoms with van der Waals surface area (Å²) in [5.41, 5.74) is 0. The Labute approximate surface area is 85.1 Å². The lowest BCUT2D eigenvalue weighted by molar-refractivity contribution is -0.140. The predicted octanol–water partition coefficient (Wildman–Crippen LogP) is 0.755. The van der Waals surface area contributed by atoms with Crippen LogP contribution in [0.15, 0.2) is 0 Å². The first-order chi connectivity index (χ1) is 5.68. The van der Waals surface area contributed by atoms with Crippen molar-refractivity contribution in [1.29, 1.82) is 0 Å². The lowest BCUT2D eigenvalue weighted by Crippen LogP contribution is -2.28. The van der Waals surface area contributed by atoms with E-state index in [-0.39, 0.29) is 18.3 Å². The number of hydrogen-bond donors (Lipinski definition) is 2. The van der Waals surface area contributed by atoms with Crippen molar-refractivity contribution >= 4 is 18.4 Å². The van der Waals surface area contributed by atoms with E-state index in [1.807, 2.05) is 6.92 Å². The molecule has 0 amide bonds. The topological polar surface area (TPSA) is 58.6 Å². The molecule has 2 N–H and O–H groups in total. The average molecular weight is 212 g/mol. The second-order valence-electron chi connectivity index (χ2n) is 2.64. The fourth-order valence-electron chi connectivity index (χ4n) is 0.695. The van der Waals surface area contributed by atoms with Gasteiger partial charge in [-0.2, -0.15) is 0 Å². The van der Waals surface area contributed by atoms with E-state index in [9.17, 15) is 4.79 Å². The summed E-state index contributed by atoms with van der Waals surface area (Å²) >= 11 is 0. The van der Waals surface area contributed by atoms with Gasteiger partial charge in [-0.05, 0) is 6.92 Å². The third kappa shape index (κ3) is 9.60. The molecule has 1 unspecified atom stereocenters. The van der Waals surface area contributed by atoms with Gasteiger partial charge in [0.1, 0.15) is 0 Å². The van der Waals surface area contributed by atoms with E-state index in [2.05, 4.69) is 5.32 Å². The molecular weight excluding hydrogens is 194 g/mol. The predicted molar refractivity (Wildman–Crippen MR) is 53.4 cm³/mol. The van der Waals surface area contributed by atoms with Crippen molar-refractivity contribution in [2.24, 2.45) is 5.92 Å². The van der Waals surface area contributed by atoms with Crippen LogP contribution >= 0.6 is 12.4 Å². The number of ether oxygens (including phenoxy) is 1. The van der Waals surface area contributed by atoms with Crippen LogP contribution in [0.1, 0.15) is 13.8 Å². The van der Waals surface area contributed by atoms with Crippen molar-refractivity contribution in [3.63, 3.8) is 0 Å². The van der Waals surface area contributed by atoms with Crippen molar-refractivity contribution in [3.8, 4) is 0 Å². The standard InChI is InChI=1S/C8H17NO3.ClH/c1-3-12-5-4-9-6-7(2)8(10)11;/h7,9H,3-6H2,1-2H3,(H,10,11);1H. The van der Waals surface area contributed by atoms with Crippen LogP contribution in [0, 0.1) is 5.92 Å². The molecule has 0 aliphatic heterocycles. The van der Waals surface area contributed by atoms with E-state index >= 15 is 0 Å². The van der Waals surface area contributed by atoms with E-state index < -0.39 is 5.97 Å². The summed E-state index contributed by atoms with van der Waals surface area (Å²) in [6, 6.07) is 0. The molecule has 80 valence electrons. The van der Waals surface area contributed by atoms with Crippen LogP contribution in [0.25, 0.3) is 0 Å². The Morgan fingerprint density at radius 3 is 2.69 bits per heavy atom. The zero-order chi connectivity index (χ0) is 9.40. The number of nitrogens with one attached hydrogen (secondary N) is 1. The zero-order valence-electron chi connectivity index (χ0n) is 8.08. The van der Waals surface area contributed by atoms with E-state index in [4.69, 9.17) is 9.84 Å². The van der Waals surface area contributed by atoms with Crippen LogP contribution in [0.5, 0.6) is 0 Å². The number of carbonyl (C=O) groups is 1. The highest BCUT2D eigenvalue weighted by Gasteiger charge is 2.08. The Balaban J connectivity index is 0. The highest BCUT2D eigenvalue weighted by molar-refractivity contribution is 5.85. The third-order valence-electron chi connectivity index (χ3n) is 1.50. The van der Waals surface area contributed by atoms with Gasteiger partial charge in [0.05, 0.1) is 12.5 Å². The molecule has 13 heavy (non-hydrogen) atoms. The van der Waals surface area contributed by atoms with Crippen LogP contribution < -0.4 is 5.32 Å². The summed E-state index contributed by atoms with van der Waals surface area (Å²) < 4.78 is 5.07.